The average Bonchev–Trinajstić information content (AvgIpc) is 3.36. The number of non-ortho nitro benzene ring substituents is 1. The number of anilines is 2. The van der Waals surface area contributed by atoms with Crippen LogP contribution in [0.3, 0.4) is 0 Å². The van der Waals surface area contributed by atoms with Gasteiger partial charge in [0.25, 0.3) is 11.6 Å². The van der Waals surface area contributed by atoms with Gasteiger partial charge in [-0.25, -0.2) is 14.4 Å². The molecular formula is C24H18FN3O7. The van der Waals surface area contributed by atoms with Crippen LogP contribution in [-0.2, 0) is 14.4 Å². The number of carbonyl (C=O) groups is 2. The van der Waals surface area contributed by atoms with E-state index in [0.29, 0.717) is 11.3 Å². The van der Waals surface area contributed by atoms with Crippen LogP contribution in [0.5, 0.6) is 11.5 Å². The number of halogens is 1. The Labute approximate surface area is 197 Å². The number of benzene rings is 3. The van der Waals surface area contributed by atoms with Gasteiger partial charge in [-0.2, -0.15) is 0 Å². The van der Waals surface area contributed by atoms with Crippen LogP contribution in [0.25, 0.3) is 0 Å². The number of methoxy groups -OCH3 is 1. The summed E-state index contributed by atoms with van der Waals surface area (Å²) in [6, 6.07) is 14.1. The van der Waals surface area contributed by atoms with Gasteiger partial charge in [0.1, 0.15) is 11.7 Å². The van der Waals surface area contributed by atoms with Gasteiger partial charge in [-0.15, -0.1) is 0 Å². The maximum atomic E-state index is 13.5. The number of hydrogen-bond acceptors (Lipinski definition) is 8. The van der Waals surface area contributed by atoms with Gasteiger partial charge in [-0.3, -0.25) is 24.5 Å². The summed E-state index contributed by atoms with van der Waals surface area (Å²) in [5, 5.41) is 22.5. The van der Waals surface area contributed by atoms with E-state index in [1.54, 1.807) is 6.07 Å². The molecule has 0 spiro atoms. The summed E-state index contributed by atoms with van der Waals surface area (Å²) < 4.78 is 18.6. The van der Waals surface area contributed by atoms with Gasteiger partial charge in [0.2, 0.25) is 5.91 Å². The molecule has 2 heterocycles. The molecule has 0 aromatic heterocycles. The molecule has 2 fully saturated rings. The molecule has 5 rings (SSSR count). The monoisotopic (exact) mass is 479 g/mol. The predicted molar refractivity (Wildman–Crippen MR) is 120 cm³/mol. The normalized spacial score (nSPS) is 21.4. The molecule has 2 amide bonds. The second-order valence-corrected chi connectivity index (χ2v) is 8.02. The van der Waals surface area contributed by atoms with E-state index in [4.69, 9.17) is 9.57 Å². The van der Waals surface area contributed by atoms with Crippen LogP contribution in [0.15, 0.2) is 66.7 Å². The average molecular weight is 479 g/mol. The van der Waals surface area contributed by atoms with Gasteiger partial charge >= 0.3 is 0 Å². The van der Waals surface area contributed by atoms with E-state index in [-0.39, 0.29) is 22.9 Å². The Bertz CT molecular complexity index is 1330. The molecule has 11 heteroatoms. The molecule has 3 aromatic carbocycles. The number of carbonyl (C=O) groups excluding carboxylic acids is 2. The van der Waals surface area contributed by atoms with Crippen molar-refractivity contribution in [3.05, 3.63) is 88.2 Å². The van der Waals surface area contributed by atoms with Crippen LogP contribution in [0.1, 0.15) is 11.6 Å². The van der Waals surface area contributed by atoms with Crippen LogP contribution >= 0.6 is 0 Å². The number of rotatable bonds is 5. The summed E-state index contributed by atoms with van der Waals surface area (Å²) >= 11 is 0. The second kappa shape index (κ2) is 8.37. The molecule has 0 saturated carbocycles. The van der Waals surface area contributed by atoms with Gasteiger partial charge in [-0.1, -0.05) is 6.07 Å². The van der Waals surface area contributed by atoms with Crippen molar-refractivity contribution in [1.29, 1.82) is 0 Å². The third kappa shape index (κ3) is 3.62. The number of nitro groups is 1. The van der Waals surface area contributed by atoms with Crippen LogP contribution in [0, 0.1) is 21.8 Å². The number of hydroxylamine groups is 1. The molecule has 2 aliphatic rings. The molecule has 0 aliphatic carbocycles. The van der Waals surface area contributed by atoms with Crippen molar-refractivity contribution >= 4 is 28.9 Å². The topological polar surface area (TPSA) is 122 Å². The zero-order chi connectivity index (χ0) is 24.9. The maximum absolute atomic E-state index is 13.5. The summed E-state index contributed by atoms with van der Waals surface area (Å²) in [4.78, 5) is 44.3. The Morgan fingerprint density at radius 3 is 2.29 bits per heavy atom. The van der Waals surface area contributed by atoms with E-state index in [1.165, 1.54) is 60.7 Å². The number of nitro benzene ring substituents is 1. The fraction of sp³-hybridized carbons (Fsp3) is 0.167. The predicted octanol–water partition coefficient (Wildman–Crippen LogP) is 3.50. The number of phenolic OH excluding ortho intramolecular Hbond substituents is 1. The molecule has 1 N–H and O–H groups in total. The molecule has 10 nitrogen and oxygen atoms in total. The highest BCUT2D eigenvalue weighted by Crippen LogP contribution is 2.48. The third-order valence-electron chi connectivity index (χ3n) is 6.06. The molecule has 2 saturated heterocycles. The van der Waals surface area contributed by atoms with Crippen molar-refractivity contribution in [2.45, 2.75) is 12.1 Å². The second-order valence-electron chi connectivity index (χ2n) is 8.02. The third-order valence-corrected chi connectivity index (χ3v) is 6.06. The molecule has 178 valence electrons. The lowest BCUT2D eigenvalue weighted by Crippen LogP contribution is -2.37. The Kier molecular flexibility index (Phi) is 5.33. The fourth-order valence-electron chi connectivity index (χ4n) is 4.42. The first-order valence-corrected chi connectivity index (χ1v) is 10.5. The molecule has 3 atom stereocenters. The summed E-state index contributed by atoms with van der Waals surface area (Å²) in [5.41, 5.74) is 0.970. The molecule has 0 bridgehead atoms. The van der Waals surface area contributed by atoms with E-state index in [0.717, 1.165) is 17.0 Å². The van der Waals surface area contributed by atoms with E-state index >= 15 is 0 Å². The highest BCUT2D eigenvalue weighted by atomic mass is 19.1. The van der Waals surface area contributed by atoms with Gasteiger partial charge in [0, 0.05) is 12.1 Å². The fourth-order valence-corrected chi connectivity index (χ4v) is 4.42. The molecular weight excluding hydrogens is 461 g/mol. The molecule has 35 heavy (non-hydrogen) atoms. The van der Waals surface area contributed by atoms with Crippen LogP contribution in [0.2, 0.25) is 0 Å². The van der Waals surface area contributed by atoms with Crippen molar-refractivity contribution in [2.24, 2.45) is 5.92 Å². The summed E-state index contributed by atoms with van der Waals surface area (Å²) in [7, 11) is 1.38. The largest absolute Gasteiger partial charge is 0.504 e. The maximum Gasteiger partial charge on any atom is 0.269 e. The molecule has 3 aromatic rings. The van der Waals surface area contributed by atoms with Crippen molar-refractivity contribution in [1.82, 2.24) is 0 Å². The Morgan fingerprint density at radius 1 is 1.00 bits per heavy atom. The number of nitrogens with zero attached hydrogens (tertiary/aromatic N) is 3. The van der Waals surface area contributed by atoms with E-state index < -0.39 is 40.6 Å². The minimum Gasteiger partial charge on any atom is -0.504 e. The van der Waals surface area contributed by atoms with Crippen molar-refractivity contribution in [3.8, 4) is 11.5 Å². The number of hydrogen-bond donors (Lipinski definition) is 1. The first-order chi connectivity index (χ1) is 16.8. The zero-order valence-corrected chi connectivity index (χ0v) is 18.2. The molecule has 0 unspecified atom stereocenters. The molecule has 2 aliphatic heterocycles. The minimum atomic E-state index is -1.19. The SMILES string of the molecule is COc1cc([C@H]2[C@H]3C(=O)N(c4ccc(F)cc4)C(=O)[C@@H]3ON2c2ccc([N+](=O)[O-])cc2)ccc1O. The van der Waals surface area contributed by atoms with Crippen LogP contribution < -0.4 is 14.7 Å². The van der Waals surface area contributed by atoms with Gasteiger partial charge in [0.05, 0.1) is 29.4 Å². The van der Waals surface area contributed by atoms with Gasteiger partial charge in [-0.05, 0) is 54.1 Å². The summed E-state index contributed by atoms with van der Waals surface area (Å²) in [5.74, 6) is -2.63. The summed E-state index contributed by atoms with van der Waals surface area (Å²) in [6.07, 6.45) is -1.19. The highest BCUT2D eigenvalue weighted by Gasteiger charge is 2.60. The summed E-state index contributed by atoms with van der Waals surface area (Å²) in [6.45, 7) is 0. The van der Waals surface area contributed by atoms with Crippen molar-refractivity contribution in [3.63, 3.8) is 0 Å². The number of aromatic hydroxyl groups is 1. The Hall–Kier alpha value is -4.51. The number of fused-ring (bicyclic) bond motifs is 1. The van der Waals surface area contributed by atoms with Gasteiger partial charge in [0.15, 0.2) is 17.6 Å². The van der Waals surface area contributed by atoms with Crippen molar-refractivity contribution in [2.75, 3.05) is 17.1 Å². The highest BCUT2D eigenvalue weighted by molar-refractivity contribution is 6.23. The lowest BCUT2D eigenvalue weighted by molar-refractivity contribution is -0.384. The van der Waals surface area contributed by atoms with E-state index in [9.17, 15) is 29.2 Å². The Balaban J connectivity index is 1.59. The molecule has 0 radical (unpaired) electrons. The number of ether oxygens (including phenoxy) is 1. The van der Waals surface area contributed by atoms with Crippen LogP contribution in [-0.4, -0.2) is 35.1 Å². The minimum absolute atomic E-state index is 0.115. The number of amides is 2. The first-order valence-electron chi connectivity index (χ1n) is 10.5. The smallest absolute Gasteiger partial charge is 0.269 e. The Morgan fingerprint density at radius 2 is 1.66 bits per heavy atom. The lowest BCUT2D eigenvalue weighted by atomic mass is 9.90. The van der Waals surface area contributed by atoms with E-state index in [1.807, 2.05) is 0 Å². The van der Waals surface area contributed by atoms with E-state index in [2.05, 4.69) is 0 Å². The van der Waals surface area contributed by atoms with Crippen molar-refractivity contribution < 1.29 is 33.6 Å². The quantitative estimate of drug-likeness (QED) is 0.335. The standard InChI is InChI=1S/C24H18FN3O7/c1-34-19-12-13(2-11-18(19)29)21-20-22(35-27(21)16-7-9-17(10-8-16)28(32)33)24(31)26(23(20)30)15-5-3-14(25)4-6-15/h2-12,20-22,29H,1H3/t20-,21+,22-/m1/s1. The van der Waals surface area contributed by atoms with Crippen LogP contribution in [0.4, 0.5) is 21.5 Å². The van der Waals surface area contributed by atoms with Gasteiger partial charge < -0.3 is 9.84 Å². The first kappa shape index (κ1) is 22.3. The number of phenols is 1. The lowest BCUT2D eigenvalue weighted by Gasteiger charge is -2.29. The zero-order valence-electron chi connectivity index (χ0n) is 18.2. The number of imide groups is 1.